The molecule has 1 aliphatic carbocycles. The normalized spacial score (nSPS) is 19.6. The zero-order chi connectivity index (χ0) is 11.2. The fraction of sp³-hybridized carbons (Fsp3) is 0.571. The highest BCUT2D eigenvalue weighted by Gasteiger charge is 2.14. The lowest BCUT2D eigenvalue weighted by Gasteiger charge is -2.24. The van der Waals surface area contributed by atoms with Gasteiger partial charge in [-0.05, 0) is 18.4 Å². The molecule has 1 atom stereocenters. The van der Waals surface area contributed by atoms with Crippen molar-refractivity contribution >= 4 is 0 Å². The Hall–Kier alpha value is -0.860. The Bertz CT molecular complexity index is 293. The lowest BCUT2D eigenvalue weighted by atomic mass is 9.95. The van der Waals surface area contributed by atoms with E-state index in [0.29, 0.717) is 12.6 Å². The Labute approximate surface area is 97.7 Å². The standard InChI is InChI=1S/C14H21NO/c16-14(12-7-3-1-4-8-12)11-15-13-9-5-2-6-10-13/h1,3-4,7-8,13-16H,2,5-6,9-11H2/t14-/m0/s1. The minimum absolute atomic E-state index is 0.372. The molecule has 1 aromatic carbocycles. The molecular formula is C14H21NO. The van der Waals surface area contributed by atoms with Gasteiger partial charge in [-0.1, -0.05) is 49.6 Å². The van der Waals surface area contributed by atoms with Gasteiger partial charge in [0.2, 0.25) is 0 Å². The van der Waals surface area contributed by atoms with Gasteiger partial charge in [0, 0.05) is 12.6 Å². The Kier molecular flexibility index (Phi) is 4.37. The van der Waals surface area contributed by atoms with Crippen molar-refractivity contribution in [1.29, 1.82) is 0 Å². The number of aliphatic hydroxyl groups is 1. The highest BCUT2D eigenvalue weighted by atomic mass is 16.3. The van der Waals surface area contributed by atoms with E-state index in [0.717, 1.165) is 5.56 Å². The summed E-state index contributed by atoms with van der Waals surface area (Å²) in [4.78, 5) is 0. The summed E-state index contributed by atoms with van der Waals surface area (Å²) < 4.78 is 0. The second-order valence-electron chi connectivity index (χ2n) is 4.67. The fourth-order valence-corrected chi connectivity index (χ4v) is 2.38. The molecule has 2 nitrogen and oxygen atoms in total. The van der Waals surface area contributed by atoms with Crippen LogP contribution >= 0.6 is 0 Å². The molecule has 1 saturated carbocycles. The van der Waals surface area contributed by atoms with Crippen molar-refractivity contribution in [3.05, 3.63) is 35.9 Å². The molecule has 0 spiro atoms. The number of hydrogen-bond acceptors (Lipinski definition) is 2. The van der Waals surface area contributed by atoms with Crippen molar-refractivity contribution in [3.63, 3.8) is 0 Å². The summed E-state index contributed by atoms with van der Waals surface area (Å²) >= 11 is 0. The van der Waals surface area contributed by atoms with Gasteiger partial charge in [0.05, 0.1) is 6.10 Å². The van der Waals surface area contributed by atoms with Crippen molar-refractivity contribution in [2.75, 3.05) is 6.54 Å². The van der Waals surface area contributed by atoms with Crippen LogP contribution in [-0.4, -0.2) is 17.7 Å². The van der Waals surface area contributed by atoms with Gasteiger partial charge in [0.25, 0.3) is 0 Å². The first-order valence-corrected chi connectivity index (χ1v) is 6.32. The second-order valence-corrected chi connectivity index (χ2v) is 4.67. The van der Waals surface area contributed by atoms with Gasteiger partial charge in [-0.2, -0.15) is 0 Å². The van der Waals surface area contributed by atoms with Crippen molar-refractivity contribution in [2.24, 2.45) is 0 Å². The summed E-state index contributed by atoms with van der Waals surface area (Å²) in [5.41, 5.74) is 1.01. The van der Waals surface area contributed by atoms with Crippen LogP contribution in [0.5, 0.6) is 0 Å². The Morgan fingerprint density at radius 2 is 1.81 bits per heavy atom. The summed E-state index contributed by atoms with van der Waals surface area (Å²) in [6.45, 7) is 0.675. The zero-order valence-corrected chi connectivity index (χ0v) is 9.73. The predicted molar refractivity (Wildman–Crippen MR) is 66.3 cm³/mol. The quantitative estimate of drug-likeness (QED) is 0.816. The lowest BCUT2D eigenvalue weighted by molar-refractivity contribution is 0.165. The molecule has 88 valence electrons. The molecule has 0 aliphatic heterocycles. The predicted octanol–water partition coefficient (Wildman–Crippen LogP) is 2.64. The average molecular weight is 219 g/mol. The van der Waals surface area contributed by atoms with Gasteiger partial charge in [0.15, 0.2) is 0 Å². The van der Waals surface area contributed by atoms with Crippen LogP contribution in [0.4, 0.5) is 0 Å². The van der Waals surface area contributed by atoms with E-state index in [1.807, 2.05) is 30.3 Å². The number of nitrogens with one attached hydrogen (secondary N) is 1. The molecule has 0 amide bonds. The first-order valence-electron chi connectivity index (χ1n) is 6.32. The monoisotopic (exact) mass is 219 g/mol. The average Bonchev–Trinajstić information content (AvgIpc) is 2.38. The van der Waals surface area contributed by atoms with E-state index < -0.39 is 0 Å². The molecule has 1 fully saturated rings. The highest BCUT2D eigenvalue weighted by molar-refractivity contribution is 5.17. The van der Waals surface area contributed by atoms with Gasteiger partial charge in [-0.3, -0.25) is 0 Å². The van der Waals surface area contributed by atoms with Gasteiger partial charge < -0.3 is 10.4 Å². The Morgan fingerprint density at radius 3 is 2.50 bits per heavy atom. The molecule has 0 unspecified atom stereocenters. The number of hydrogen-bond donors (Lipinski definition) is 2. The van der Waals surface area contributed by atoms with Crippen LogP contribution in [-0.2, 0) is 0 Å². The minimum Gasteiger partial charge on any atom is -0.387 e. The van der Waals surface area contributed by atoms with Crippen LogP contribution < -0.4 is 5.32 Å². The van der Waals surface area contributed by atoms with E-state index in [1.165, 1.54) is 32.1 Å². The van der Waals surface area contributed by atoms with E-state index in [-0.39, 0.29) is 6.10 Å². The first-order chi connectivity index (χ1) is 7.86. The van der Waals surface area contributed by atoms with Crippen LogP contribution in [0, 0.1) is 0 Å². The van der Waals surface area contributed by atoms with Crippen molar-refractivity contribution in [2.45, 2.75) is 44.2 Å². The van der Waals surface area contributed by atoms with Gasteiger partial charge in [0.1, 0.15) is 0 Å². The molecule has 0 heterocycles. The third-order valence-electron chi connectivity index (χ3n) is 3.39. The summed E-state index contributed by atoms with van der Waals surface area (Å²) in [5.74, 6) is 0. The molecule has 1 aromatic rings. The van der Waals surface area contributed by atoms with Crippen LogP contribution in [0.1, 0.15) is 43.8 Å². The smallest absolute Gasteiger partial charge is 0.0914 e. The Morgan fingerprint density at radius 1 is 1.12 bits per heavy atom. The molecule has 2 N–H and O–H groups in total. The van der Waals surface area contributed by atoms with E-state index in [2.05, 4.69) is 5.32 Å². The molecule has 0 bridgehead atoms. The maximum Gasteiger partial charge on any atom is 0.0914 e. The molecule has 2 rings (SSSR count). The number of aliphatic hydroxyl groups excluding tert-OH is 1. The number of benzene rings is 1. The maximum absolute atomic E-state index is 9.99. The summed E-state index contributed by atoms with van der Waals surface area (Å²) in [6, 6.07) is 10.5. The summed E-state index contributed by atoms with van der Waals surface area (Å²) in [6.07, 6.45) is 6.20. The van der Waals surface area contributed by atoms with Crippen LogP contribution in [0.25, 0.3) is 0 Å². The summed E-state index contributed by atoms with van der Waals surface area (Å²) in [7, 11) is 0. The SMILES string of the molecule is O[C@@H](CNC1CCCCC1)c1ccccc1. The largest absolute Gasteiger partial charge is 0.387 e. The zero-order valence-electron chi connectivity index (χ0n) is 9.73. The third kappa shape index (κ3) is 3.32. The van der Waals surface area contributed by atoms with Crippen LogP contribution in [0.3, 0.4) is 0 Å². The van der Waals surface area contributed by atoms with Crippen LogP contribution in [0.2, 0.25) is 0 Å². The molecule has 0 radical (unpaired) electrons. The lowest BCUT2D eigenvalue weighted by Crippen LogP contribution is -2.34. The van der Waals surface area contributed by atoms with Crippen LogP contribution in [0.15, 0.2) is 30.3 Å². The van der Waals surface area contributed by atoms with Crippen molar-refractivity contribution < 1.29 is 5.11 Å². The van der Waals surface area contributed by atoms with E-state index in [4.69, 9.17) is 0 Å². The van der Waals surface area contributed by atoms with E-state index in [1.54, 1.807) is 0 Å². The second kappa shape index (κ2) is 6.02. The number of rotatable bonds is 4. The van der Waals surface area contributed by atoms with E-state index >= 15 is 0 Å². The molecular weight excluding hydrogens is 198 g/mol. The molecule has 0 saturated heterocycles. The Balaban J connectivity index is 1.77. The van der Waals surface area contributed by atoms with Crippen molar-refractivity contribution in [1.82, 2.24) is 5.32 Å². The first kappa shape index (κ1) is 11.6. The topological polar surface area (TPSA) is 32.3 Å². The molecule has 1 aliphatic rings. The minimum atomic E-state index is -0.372. The van der Waals surface area contributed by atoms with Gasteiger partial charge in [-0.25, -0.2) is 0 Å². The fourth-order valence-electron chi connectivity index (χ4n) is 2.38. The molecule has 2 heteroatoms. The third-order valence-corrected chi connectivity index (χ3v) is 3.39. The van der Waals surface area contributed by atoms with Gasteiger partial charge in [-0.15, -0.1) is 0 Å². The van der Waals surface area contributed by atoms with Crippen molar-refractivity contribution in [3.8, 4) is 0 Å². The molecule has 0 aromatic heterocycles. The summed E-state index contributed by atoms with van der Waals surface area (Å²) in [5, 5.41) is 13.5. The maximum atomic E-state index is 9.99. The molecule has 16 heavy (non-hydrogen) atoms. The van der Waals surface area contributed by atoms with Gasteiger partial charge >= 0.3 is 0 Å². The van der Waals surface area contributed by atoms with E-state index in [9.17, 15) is 5.11 Å². The highest BCUT2D eigenvalue weighted by Crippen LogP contribution is 2.18.